The van der Waals surface area contributed by atoms with Crippen LogP contribution in [0, 0.1) is 5.92 Å². The van der Waals surface area contributed by atoms with Gasteiger partial charge in [-0.3, -0.25) is 9.59 Å². The summed E-state index contributed by atoms with van der Waals surface area (Å²) in [6, 6.07) is 17.4. The predicted octanol–water partition coefficient (Wildman–Crippen LogP) is 2.27. The van der Waals surface area contributed by atoms with Crippen LogP contribution in [0.25, 0.3) is 0 Å². The number of para-hydroxylation sites is 1. The Morgan fingerprint density at radius 3 is 2.27 bits per heavy atom. The minimum absolute atomic E-state index is 0.0624. The van der Waals surface area contributed by atoms with Crippen molar-refractivity contribution in [3.63, 3.8) is 0 Å². The number of carbonyl (C=O) groups is 2. The van der Waals surface area contributed by atoms with Crippen molar-refractivity contribution in [2.45, 2.75) is 6.42 Å². The smallest absolute Gasteiger partial charge is 0.227 e. The molecular weight excluding hydrogens is 278 g/mol. The lowest BCUT2D eigenvalue weighted by molar-refractivity contribution is -0.123. The average molecular weight is 295 g/mol. The van der Waals surface area contributed by atoms with Crippen molar-refractivity contribution >= 4 is 28.9 Å². The summed E-state index contributed by atoms with van der Waals surface area (Å²) in [5, 5.41) is 3.28. The lowest BCUT2D eigenvalue weighted by atomic mass is 10.1. The van der Waals surface area contributed by atoms with E-state index in [9.17, 15) is 9.59 Å². The second-order valence-corrected chi connectivity index (χ2v) is 5.35. The third kappa shape index (κ3) is 2.93. The maximum atomic E-state index is 12.0. The van der Waals surface area contributed by atoms with Crippen molar-refractivity contribution in [1.82, 2.24) is 0 Å². The highest BCUT2D eigenvalue weighted by molar-refractivity contribution is 6.00. The van der Waals surface area contributed by atoms with E-state index in [1.54, 1.807) is 4.90 Å². The Morgan fingerprint density at radius 2 is 1.68 bits per heavy atom. The first-order valence-corrected chi connectivity index (χ1v) is 7.15. The first-order chi connectivity index (χ1) is 10.6. The van der Waals surface area contributed by atoms with Crippen molar-refractivity contribution in [2.24, 2.45) is 11.7 Å². The fourth-order valence-electron chi connectivity index (χ4n) is 2.56. The van der Waals surface area contributed by atoms with E-state index in [2.05, 4.69) is 5.32 Å². The third-order valence-electron chi connectivity index (χ3n) is 3.77. The van der Waals surface area contributed by atoms with Gasteiger partial charge in [-0.1, -0.05) is 18.2 Å². The number of anilines is 3. The summed E-state index contributed by atoms with van der Waals surface area (Å²) in [4.78, 5) is 24.8. The zero-order chi connectivity index (χ0) is 15.5. The number of amides is 2. The average Bonchev–Trinajstić information content (AvgIpc) is 2.91. The van der Waals surface area contributed by atoms with Gasteiger partial charge >= 0.3 is 0 Å². The van der Waals surface area contributed by atoms with Crippen LogP contribution in [0.4, 0.5) is 17.1 Å². The second-order valence-electron chi connectivity index (χ2n) is 5.35. The molecule has 5 nitrogen and oxygen atoms in total. The molecule has 1 aliphatic heterocycles. The van der Waals surface area contributed by atoms with Gasteiger partial charge in [-0.25, -0.2) is 0 Å². The molecule has 1 atom stereocenters. The molecule has 1 fully saturated rings. The summed E-state index contributed by atoms with van der Waals surface area (Å²) < 4.78 is 0. The highest BCUT2D eigenvalue weighted by Crippen LogP contribution is 2.27. The van der Waals surface area contributed by atoms with Crippen LogP contribution in [0.5, 0.6) is 0 Å². The van der Waals surface area contributed by atoms with Crippen LogP contribution < -0.4 is 16.0 Å². The summed E-state index contributed by atoms with van der Waals surface area (Å²) >= 11 is 0. The fraction of sp³-hybridized carbons (Fsp3) is 0.176. The van der Waals surface area contributed by atoms with Crippen molar-refractivity contribution in [3.05, 3.63) is 54.6 Å². The van der Waals surface area contributed by atoms with Gasteiger partial charge < -0.3 is 16.0 Å². The Labute approximate surface area is 128 Å². The third-order valence-corrected chi connectivity index (χ3v) is 3.77. The molecule has 2 aromatic rings. The van der Waals surface area contributed by atoms with Crippen LogP contribution in [0.15, 0.2) is 54.6 Å². The van der Waals surface area contributed by atoms with Crippen LogP contribution in [-0.4, -0.2) is 18.4 Å². The Hall–Kier alpha value is -2.82. The van der Waals surface area contributed by atoms with Crippen LogP contribution >= 0.6 is 0 Å². The number of benzene rings is 2. The number of hydrogen-bond donors (Lipinski definition) is 2. The summed E-state index contributed by atoms with van der Waals surface area (Å²) in [7, 11) is 0. The molecule has 1 saturated heterocycles. The van der Waals surface area contributed by atoms with Crippen LogP contribution in [0.2, 0.25) is 0 Å². The summed E-state index contributed by atoms with van der Waals surface area (Å²) in [6.07, 6.45) is 0.194. The topological polar surface area (TPSA) is 75.4 Å². The van der Waals surface area contributed by atoms with E-state index >= 15 is 0 Å². The number of primary amides is 1. The lowest BCUT2D eigenvalue weighted by Gasteiger charge is -2.17. The molecule has 3 N–H and O–H groups in total. The molecule has 0 aromatic heterocycles. The molecule has 0 bridgehead atoms. The van der Waals surface area contributed by atoms with E-state index in [0.29, 0.717) is 6.54 Å². The predicted molar refractivity (Wildman–Crippen MR) is 85.8 cm³/mol. The minimum Gasteiger partial charge on any atom is -0.369 e. The van der Waals surface area contributed by atoms with Gasteiger partial charge in [-0.2, -0.15) is 0 Å². The molecule has 3 rings (SSSR count). The molecule has 5 heteroatoms. The molecule has 22 heavy (non-hydrogen) atoms. The van der Waals surface area contributed by atoms with Gasteiger partial charge in [0.05, 0.1) is 5.92 Å². The van der Waals surface area contributed by atoms with E-state index < -0.39 is 11.8 Å². The SMILES string of the molecule is NC(=O)C1CC(=O)N(c2ccc(Nc3ccccc3)cc2)C1. The molecule has 0 spiro atoms. The first kappa shape index (κ1) is 14.1. The van der Waals surface area contributed by atoms with Crippen molar-refractivity contribution in [1.29, 1.82) is 0 Å². The highest BCUT2D eigenvalue weighted by Gasteiger charge is 2.33. The van der Waals surface area contributed by atoms with Gasteiger partial charge in [0.2, 0.25) is 11.8 Å². The molecule has 1 heterocycles. The van der Waals surface area contributed by atoms with E-state index in [1.807, 2.05) is 54.6 Å². The number of nitrogens with zero attached hydrogens (tertiary/aromatic N) is 1. The van der Waals surface area contributed by atoms with Crippen molar-refractivity contribution < 1.29 is 9.59 Å². The van der Waals surface area contributed by atoms with Gasteiger partial charge in [-0.05, 0) is 36.4 Å². The molecule has 1 aliphatic rings. The molecule has 0 aliphatic carbocycles. The normalized spacial score (nSPS) is 17.5. The Morgan fingerprint density at radius 1 is 1.05 bits per heavy atom. The van der Waals surface area contributed by atoms with E-state index in [4.69, 9.17) is 5.73 Å². The maximum Gasteiger partial charge on any atom is 0.227 e. The van der Waals surface area contributed by atoms with Gasteiger partial charge in [0, 0.05) is 30.0 Å². The van der Waals surface area contributed by atoms with Gasteiger partial charge in [0.25, 0.3) is 0 Å². The number of carbonyl (C=O) groups excluding carboxylic acids is 2. The largest absolute Gasteiger partial charge is 0.369 e. The number of hydrogen-bond acceptors (Lipinski definition) is 3. The monoisotopic (exact) mass is 295 g/mol. The fourth-order valence-corrected chi connectivity index (χ4v) is 2.56. The first-order valence-electron chi connectivity index (χ1n) is 7.15. The Bertz CT molecular complexity index is 683. The summed E-state index contributed by atoms with van der Waals surface area (Å²) in [6.45, 7) is 0.361. The maximum absolute atomic E-state index is 12.0. The summed E-state index contributed by atoms with van der Waals surface area (Å²) in [5.74, 6) is -0.875. The highest BCUT2D eigenvalue weighted by atomic mass is 16.2. The standard InChI is InChI=1S/C17H17N3O2/c18-17(22)12-10-16(21)20(11-12)15-8-6-14(7-9-15)19-13-4-2-1-3-5-13/h1-9,12,19H,10-11H2,(H2,18,22). The van der Waals surface area contributed by atoms with E-state index in [-0.39, 0.29) is 12.3 Å². The lowest BCUT2D eigenvalue weighted by Crippen LogP contribution is -2.28. The quantitative estimate of drug-likeness (QED) is 0.908. The molecular formula is C17H17N3O2. The Kier molecular flexibility index (Phi) is 3.78. The van der Waals surface area contributed by atoms with Crippen LogP contribution in [-0.2, 0) is 9.59 Å². The Balaban J connectivity index is 1.72. The number of rotatable bonds is 4. The molecule has 112 valence electrons. The van der Waals surface area contributed by atoms with Gasteiger partial charge in [0.1, 0.15) is 0 Å². The van der Waals surface area contributed by atoms with Crippen molar-refractivity contribution in [3.8, 4) is 0 Å². The van der Waals surface area contributed by atoms with Crippen LogP contribution in [0.3, 0.4) is 0 Å². The molecule has 0 radical (unpaired) electrons. The summed E-state index contributed by atoms with van der Waals surface area (Å²) in [5.41, 5.74) is 8.01. The molecule has 2 aromatic carbocycles. The van der Waals surface area contributed by atoms with Gasteiger partial charge in [0.15, 0.2) is 0 Å². The second kappa shape index (κ2) is 5.89. The van der Waals surface area contributed by atoms with Gasteiger partial charge in [-0.15, -0.1) is 0 Å². The zero-order valence-electron chi connectivity index (χ0n) is 12.0. The van der Waals surface area contributed by atoms with Crippen molar-refractivity contribution in [2.75, 3.05) is 16.8 Å². The van der Waals surface area contributed by atoms with E-state index in [1.165, 1.54) is 0 Å². The van der Waals surface area contributed by atoms with Crippen LogP contribution in [0.1, 0.15) is 6.42 Å². The number of nitrogens with two attached hydrogens (primary N) is 1. The minimum atomic E-state index is -0.418. The van der Waals surface area contributed by atoms with E-state index in [0.717, 1.165) is 17.1 Å². The zero-order valence-corrected chi connectivity index (χ0v) is 12.0. The molecule has 0 saturated carbocycles. The molecule has 2 amide bonds. The molecule has 1 unspecified atom stereocenters. The number of nitrogens with one attached hydrogen (secondary N) is 1.